The molecule has 1 unspecified atom stereocenters. The molecule has 0 heterocycles. The zero-order valence-corrected chi connectivity index (χ0v) is 13.4. The van der Waals surface area contributed by atoms with E-state index in [0.29, 0.717) is 12.1 Å². The highest BCUT2D eigenvalue weighted by molar-refractivity contribution is 5.89. The van der Waals surface area contributed by atoms with Crippen LogP contribution < -0.4 is 5.73 Å². The molecule has 0 aliphatic heterocycles. The van der Waals surface area contributed by atoms with Gasteiger partial charge >= 0.3 is 5.97 Å². The lowest BCUT2D eigenvalue weighted by Crippen LogP contribution is -2.20. The Kier molecular flexibility index (Phi) is 5.66. The van der Waals surface area contributed by atoms with Crippen LogP contribution in [0, 0.1) is 6.92 Å². The Morgan fingerprint density at radius 2 is 1.83 bits per heavy atom. The molecule has 0 radical (unpaired) electrons. The summed E-state index contributed by atoms with van der Waals surface area (Å²) >= 11 is 0. The number of rotatable bonds is 6. The number of aryl methyl sites for hydroxylation is 1. The Bertz CT molecular complexity index is 695. The highest BCUT2D eigenvalue weighted by atomic mass is 16.5. The van der Waals surface area contributed by atoms with Crippen molar-refractivity contribution in [2.75, 3.05) is 6.54 Å². The van der Waals surface area contributed by atoms with Crippen molar-refractivity contribution in [1.29, 1.82) is 0 Å². The van der Waals surface area contributed by atoms with Gasteiger partial charge in [-0.15, -0.1) is 0 Å². The van der Waals surface area contributed by atoms with E-state index in [0.717, 1.165) is 16.7 Å². The summed E-state index contributed by atoms with van der Waals surface area (Å²) in [5, 5.41) is 0. The van der Waals surface area contributed by atoms with Crippen molar-refractivity contribution in [1.82, 2.24) is 0 Å². The third-order valence-electron chi connectivity index (χ3n) is 3.82. The summed E-state index contributed by atoms with van der Waals surface area (Å²) in [6.07, 6.45) is 0. The first kappa shape index (κ1) is 16.9. The molecule has 0 amide bonds. The lowest BCUT2D eigenvalue weighted by Gasteiger charge is -2.15. The van der Waals surface area contributed by atoms with Crippen LogP contribution >= 0.6 is 0 Å². The average molecular weight is 311 g/mol. The highest BCUT2D eigenvalue weighted by Crippen LogP contribution is 2.22. The van der Waals surface area contributed by atoms with E-state index in [1.807, 2.05) is 31.2 Å². The molecule has 4 heteroatoms. The van der Waals surface area contributed by atoms with E-state index in [9.17, 15) is 9.59 Å². The summed E-state index contributed by atoms with van der Waals surface area (Å²) in [4.78, 5) is 23.6. The van der Waals surface area contributed by atoms with Gasteiger partial charge in [-0.2, -0.15) is 0 Å². The molecular formula is C19H21NO3. The Morgan fingerprint density at radius 1 is 1.13 bits per heavy atom. The van der Waals surface area contributed by atoms with Gasteiger partial charge in [0.2, 0.25) is 0 Å². The Labute approximate surface area is 136 Å². The van der Waals surface area contributed by atoms with Crippen LogP contribution in [0.1, 0.15) is 39.9 Å². The first-order valence-electron chi connectivity index (χ1n) is 7.55. The number of hydrogen-bond acceptors (Lipinski definition) is 4. The standard InChI is InChI=1S/C19H21NO3/c1-13-10-15(8-9-17(13)18(11-20)14(2)21)12-23-19(22)16-6-4-3-5-7-16/h3-10,18H,11-12,20H2,1-2H3. The molecule has 2 aromatic rings. The second-order valence-electron chi connectivity index (χ2n) is 5.53. The predicted octanol–water partition coefficient (Wildman–Crippen LogP) is 2.98. The smallest absolute Gasteiger partial charge is 0.338 e. The SMILES string of the molecule is CC(=O)C(CN)c1ccc(COC(=O)c2ccccc2)cc1C. The van der Waals surface area contributed by atoms with E-state index in [-0.39, 0.29) is 24.3 Å². The fourth-order valence-corrected chi connectivity index (χ4v) is 2.54. The monoisotopic (exact) mass is 311 g/mol. The number of ether oxygens (including phenoxy) is 1. The van der Waals surface area contributed by atoms with Gasteiger partial charge in [-0.25, -0.2) is 4.79 Å². The van der Waals surface area contributed by atoms with Crippen molar-refractivity contribution >= 4 is 11.8 Å². The minimum atomic E-state index is -0.351. The van der Waals surface area contributed by atoms with Crippen molar-refractivity contribution in [2.45, 2.75) is 26.4 Å². The van der Waals surface area contributed by atoms with E-state index < -0.39 is 0 Å². The van der Waals surface area contributed by atoms with Crippen LogP contribution in [-0.4, -0.2) is 18.3 Å². The maximum absolute atomic E-state index is 11.9. The Balaban J connectivity index is 2.06. The molecule has 0 saturated heterocycles. The largest absolute Gasteiger partial charge is 0.457 e. The van der Waals surface area contributed by atoms with E-state index in [1.165, 1.54) is 0 Å². The van der Waals surface area contributed by atoms with Gasteiger partial charge in [0, 0.05) is 6.54 Å². The zero-order chi connectivity index (χ0) is 16.8. The molecule has 120 valence electrons. The molecule has 0 spiro atoms. The molecule has 23 heavy (non-hydrogen) atoms. The summed E-state index contributed by atoms with van der Waals surface area (Å²) in [7, 11) is 0. The maximum Gasteiger partial charge on any atom is 0.338 e. The summed E-state index contributed by atoms with van der Waals surface area (Å²) < 4.78 is 5.31. The molecule has 0 bridgehead atoms. The molecular weight excluding hydrogens is 290 g/mol. The molecule has 2 aromatic carbocycles. The fraction of sp³-hybridized carbons (Fsp3) is 0.263. The maximum atomic E-state index is 11.9. The van der Waals surface area contributed by atoms with Gasteiger partial charge in [-0.05, 0) is 42.7 Å². The fourth-order valence-electron chi connectivity index (χ4n) is 2.54. The summed E-state index contributed by atoms with van der Waals surface area (Å²) in [6, 6.07) is 14.6. The number of benzene rings is 2. The van der Waals surface area contributed by atoms with Crippen molar-refractivity contribution in [2.24, 2.45) is 5.73 Å². The number of carbonyl (C=O) groups is 2. The van der Waals surface area contributed by atoms with Crippen molar-refractivity contribution in [3.05, 3.63) is 70.8 Å². The van der Waals surface area contributed by atoms with Crippen LogP contribution in [0.4, 0.5) is 0 Å². The Morgan fingerprint density at radius 3 is 2.39 bits per heavy atom. The summed E-state index contributed by atoms with van der Waals surface area (Å²) in [5.74, 6) is -0.578. The molecule has 2 rings (SSSR count). The number of esters is 1. The van der Waals surface area contributed by atoms with E-state index in [1.54, 1.807) is 31.2 Å². The molecule has 0 aromatic heterocycles. The minimum absolute atomic E-state index is 0.0545. The lowest BCUT2D eigenvalue weighted by atomic mass is 9.91. The van der Waals surface area contributed by atoms with Gasteiger partial charge in [-0.3, -0.25) is 4.79 Å². The van der Waals surface area contributed by atoms with Gasteiger partial charge < -0.3 is 10.5 Å². The molecule has 0 fully saturated rings. The van der Waals surface area contributed by atoms with Crippen LogP contribution in [0.5, 0.6) is 0 Å². The average Bonchev–Trinajstić information content (AvgIpc) is 2.55. The van der Waals surface area contributed by atoms with Crippen LogP contribution in [0.2, 0.25) is 0 Å². The third kappa shape index (κ3) is 4.27. The van der Waals surface area contributed by atoms with Gasteiger partial charge in [-0.1, -0.05) is 36.4 Å². The van der Waals surface area contributed by atoms with Gasteiger partial charge in [0.05, 0.1) is 11.5 Å². The summed E-state index contributed by atoms with van der Waals surface area (Å²) in [6.45, 7) is 3.97. The number of carbonyl (C=O) groups excluding carboxylic acids is 2. The third-order valence-corrected chi connectivity index (χ3v) is 3.82. The second kappa shape index (κ2) is 7.70. The molecule has 0 aliphatic rings. The topological polar surface area (TPSA) is 69.4 Å². The first-order chi connectivity index (χ1) is 11.0. The quantitative estimate of drug-likeness (QED) is 0.833. The molecule has 4 nitrogen and oxygen atoms in total. The molecule has 1 atom stereocenters. The normalized spacial score (nSPS) is 11.8. The number of ketones is 1. The van der Waals surface area contributed by atoms with E-state index >= 15 is 0 Å². The molecule has 0 aliphatic carbocycles. The molecule has 0 saturated carbocycles. The van der Waals surface area contributed by atoms with Gasteiger partial charge in [0.15, 0.2) is 0 Å². The second-order valence-corrected chi connectivity index (χ2v) is 5.53. The van der Waals surface area contributed by atoms with Crippen LogP contribution in [-0.2, 0) is 16.1 Å². The summed E-state index contributed by atoms with van der Waals surface area (Å²) in [5.41, 5.74) is 9.00. The van der Waals surface area contributed by atoms with Gasteiger partial charge in [0.25, 0.3) is 0 Å². The Hall–Kier alpha value is -2.46. The van der Waals surface area contributed by atoms with Crippen molar-refractivity contribution in [3.8, 4) is 0 Å². The highest BCUT2D eigenvalue weighted by Gasteiger charge is 2.17. The van der Waals surface area contributed by atoms with E-state index in [2.05, 4.69) is 0 Å². The van der Waals surface area contributed by atoms with Crippen molar-refractivity contribution in [3.63, 3.8) is 0 Å². The van der Waals surface area contributed by atoms with Gasteiger partial charge in [0.1, 0.15) is 12.4 Å². The van der Waals surface area contributed by atoms with Crippen LogP contribution in [0.15, 0.2) is 48.5 Å². The van der Waals surface area contributed by atoms with E-state index in [4.69, 9.17) is 10.5 Å². The first-order valence-corrected chi connectivity index (χ1v) is 7.55. The predicted molar refractivity (Wildman–Crippen MR) is 89.2 cm³/mol. The number of hydrogen-bond donors (Lipinski definition) is 1. The van der Waals surface area contributed by atoms with Crippen molar-refractivity contribution < 1.29 is 14.3 Å². The molecule has 2 N–H and O–H groups in total. The number of nitrogens with two attached hydrogens (primary N) is 1. The van der Waals surface area contributed by atoms with Crippen LogP contribution in [0.3, 0.4) is 0 Å². The van der Waals surface area contributed by atoms with Crippen LogP contribution in [0.25, 0.3) is 0 Å². The minimum Gasteiger partial charge on any atom is -0.457 e. The number of Topliss-reactive ketones (excluding diaryl/α,β-unsaturated/α-hetero) is 1. The zero-order valence-electron chi connectivity index (χ0n) is 13.4. The lowest BCUT2D eigenvalue weighted by molar-refractivity contribution is -0.118.